The van der Waals surface area contributed by atoms with Crippen LogP contribution in [0.4, 0.5) is 0 Å². The molecule has 1 rings (SSSR count). The Bertz CT molecular complexity index is 338. The normalized spacial score (nSPS) is 9.73. The second-order valence-corrected chi connectivity index (χ2v) is 3.42. The van der Waals surface area contributed by atoms with Crippen molar-refractivity contribution in [1.82, 2.24) is 4.90 Å². The van der Waals surface area contributed by atoms with Crippen LogP contribution in [0.25, 0.3) is 0 Å². The van der Waals surface area contributed by atoms with Crippen LogP contribution in [0.15, 0.2) is 24.3 Å². The fourth-order valence-corrected chi connectivity index (χ4v) is 1.13. The number of likely N-dealkylation sites (N-methyl/N-ethyl adjacent to an activating group) is 1. The predicted molar refractivity (Wildman–Crippen MR) is 61.2 cm³/mol. The van der Waals surface area contributed by atoms with E-state index in [1.165, 1.54) is 0 Å². The molecule has 0 amide bonds. The number of hydrogen-bond acceptors (Lipinski definition) is 2. The van der Waals surface area contributed by atoms with Gasteiger partial charge in [-0.25, -0.2) is 0 Å². The summed E-state index contributed by atoms with van der Waals surface area (Å²) in [5.74, 6) is 0.942. The van der Waals surface area contributed by atoms with Gasteiger partial charge in [0.1, 0.15) is 12.4 Å². The molecule has 0 saturated carbocycles. The highest BCUT2D eigenvalue weighted by Gasteiger charge is 2.01. The highest BCUT2D eigenvalue weighted by molar-refractivity contribution is 5.74. The van der Waals surface area contributed by atoms with E-state index in [-0.39, 0.29) is 5.96 Å². The maximum absolute atomic E-state index is 7.17. The van der Waals surface area contributed by atoms with Crippen LogP contribution in [0, 0.1) is 12.3 Å². The molecule has 0 bridgehead atoms. The van der Waals surface area contributed by atoms with Gasteiger partial charge in [-0.15, -0.1) is 0 Å². The number of benzene rings is 1. The van der Waals surface area contributed by atoms with Crippen LogP contribution in [0.2, 0.25) is 0 Å². The number of nitrogens with zero attached hydrogens (tertiary/aromatic N) is 1. The number of ether oxygens (including phenoxy) is 1. The van der Waals surface area contributed by atoms with Crippen molar-refractivity contribution in [3.8, 4) is 5.75 Å². The second-order valence-electron chi connectivity index (χ2n) is 3.42. The smallest absolute Gasteiger partial charge is 0.188 e. The molecule has 0 aliphatic heterocycles. The molecule has 0 radical (unpaired) electrons. The summed E-state index contributed by atoms with van der Waals surface area (Å²) >= 11 is 0. The summed E-state index contributed by atoms with van der Waals surface area (Å²) in [5.41, 5.74) is 6.41. The SMILES string of the molecule is Cc1ccccc1OCCN(C)C(=N)N. The number of hydrogen-bond donors (Lipinski definition) is 2. The summed E-state index contributed by atoms with van der Waals surface area (Å²) < 4.78 is 5.56. The van der Waals surface area contributed by atoms with E-state index >= 15 is 0 Å². The third-order valence-corrected chi connectivity index (χ3v) is 2.19. The van der Waals surface area contributed by atoms with Gasteiger partial charge in [0.2, 0.25) is 0 Å². The molecule has 15 heavy (non-hydrogen) atoms. The predicted octanol–water partition coefficient (Wildman–Crippen LogP) is 1.20. The van der Waals surface area contributed by atoms with Crippen molar-refractivity contribution in [2.45, 2.75) is 6.92 Å². The molecule has 0 atom stereocenters. The Kier molecular flexibility index (Phi) is 3.97. The molecule has 4 nitrogen and oxygen atoms in total. The van der Waals surface area contributed by atoms with Gasteiger partial charge in [-0.2, -0.15) is 0 Å². The van der Waals surface area contributed by atoms with E-state index in [1.54, 1.807) is 11.9 Å². The molecular formula is C11H17N3O. The van der Waals surface area contributed by atoms with Crippen LogP contribution < -0.4 is 10.5 Å². The summed E-state index contributed by atoms with van der Waals surface area (Å²) in [6, 6.07) is 7.86. The van der Waals surface area contributed by atoms with E-state index < -0.39 is 0 Å². The largest absolute Gasteiger partial charge is 0.491 e. The molecule has 0 heterocycles. The van der Waals surface area contributed by atoms with Crippen LogP contribution in [0.1, 0.15) is 5.56 Å². The molecule has 0 unspecified atom stereocenters. The number of aryl methyl sites for hydroxylation is 1. The topological polar surface area (TPSA) is 62.3 Å². The number of para-hydroxylation sites is 1. The Labute approximate surface area is 90.2 Å². The van der Waals surface area contributed by atoms with Gasteiger partial charge in [0.15, 0.2) is 5.96 Å². The van der Waals surface area contributed by atoms with Gasteiger partial charge < -0.3 is 15.4 Å². The first-order valence-corrected chi connectivity index (χ1v) is 4.85. The van der Waals surface area contributed by atoms with Gasteiger partial charge in [0.05, 0.1) is 6.54 Å². The lowest BCUT2D eigenvalue weighted by Crippen LogP contribution is -2.35. The van der Waals surface area contributed by atoms with E-state index in [4.69, 9.17) is 15.9 Å². The molecular weight excluding hydrogens is 190 g/mol. The Morgan fingerprint density at radius 3 is 2.73 bits per heavy atom. The van der Waals surface area contributed by atoms with Crippen molar-refractivity contribution >= 4 is 5.96 Å². The van der Waals surface area contributed by atoms with Gasteiger partial charge in [0, 0.05) is 7.05 Å². The molecule has 1 aromatic carbocycles. The van der Waals surface area contributed by atoms with Crippen molar-refractivity contribution in [2.75, 3.05) is 20.2 Å². The van der Waals surface area contributed by atoms with E-state index in [1.807, 2.05) is 31.2 Å². The molecule has 0 fully saturated rings. The minimum atomic E-state index is 0.0587. The Morgan fingerprint density at radius 2 is 2.13 bits per heavy atom. The summed E-state index contributed by atoms with van der Waals surface area (Å²) in [5, 5.41) is 7.17. The standard InChI is InChI=1S/C11H17N3O/c1-9-5-3-4-6-10(9)15-8-7-14(2)11(12)13/h3-6H,7-8H2,1-2H3,(H3,12,13). The van der Waals surface area contributed by atoms with Crippen molar-refractivity contribution in [2.24, 2.45) is 5.73 Å². The van der Waals surface area contributed by atoms with Gasteiger partial charge >= 0.3 is 0 Å². The lowest BCUT2D eigenvalue weighted by atomic mass is 10.2. The average molecular weight is 207 g/mol. The van der Waals surface area contributed by atoms with Crippen LogP contribution in [-0.4, -0.2) is 31.1 Å². The highest BCUT2D eigenvalue weighted by Crippen LogP contribution is 2.15. The van der Waals surface area contributed by atoms with Crippen molar-refractivity contribution < 1.29 is 4.74 Å². The zero-order valence-electron chi connectivity index (χ0n) is 9.16. The molecule has 1 aromatic rings. The van der Waals surface area contributed by atoms with E-state index in [0.29, 0.717) is 13.2 Å². The fraction of sp³-hybridized carbons (Fsp3) is 0.364. The molecule has 0 spiro atoms. The summed E-state index contributed by atoms with van der Waals surface area (Å²) in [6.45, 7) is 3.15. The fourth-order valence-electron chi connectivity index (χ4n) is 1.13. The summed E-state index contributed by atoms with van der Waals surface area (Å²) in [4.78, 5) is 1.64. The number of rotatable bonds is 4. The average Bonchev–Trinajstić information content (AvgIpc) is 2.20. The Hall–Kier alpha value is -1.71. The zero-order chi connectivity index (χ0) is 11.3. The van der Waals surface area contributed by atoms with Crippen molar-refractivity contribution in [3.63, 3.8) is 0 Å². The third kappa shape index (κ3) is 3.50. The lowest BCUT2D eigenvalue weighted by Gasteiger charge is -2.17. The van der Waals surface area contributed by atoms with E-state index in [2.05, 4.69) is 0 Å². The van der Waals surface area contributed by atoms with Gasteiger partial charge in [0.25, 0.3) is 0 Å². The van der Waals surface area contributed by atoms with E-state index in [0.717, 1.165) is 11.3 Å². The molecule has 82 valence electrons. The molecule has 3 N–H and O–H groups in total. The van der Waals surface area contributed by atoms with Gasteiger partial charge in [-0.1, -0.05) is 18.2 Å². The first-order valence-electron chi connectivity index (χ1n) is 4.85. The Balaban J connectivity index is 2.38. The zero-order valence-corrected chi connectivity index (χ0v) is 9.16. The molecule has 4 heteroatoms. The molecule has 0 aliphatic carbocycles. The van der Waals surface area contributed by atoms with Crippen molar-refractivity contribution in [1.29, 1.82) is 5.41 Å². The third-order valence-electron chi connectivity index (χ3n) is 2.19. The maximum Gasteiger partial charge on any atom is 0.188 e. The second kappa shape index (κ2) is 5.24. The van der Waals surface area contributed by atoms with Crippen LogP contribution in [0.5, 0.6) is 5.75 Å². The quantitative estimate of drug-likeness (QED) is 0.576. The van der Waals surface area contributed by atoms with Crippen LogP contribution in [0.3, 0.4) is 0 Å². The number of guanidine groups is 1. The number of nitrogens with one attached hydrogen (secondary N) is 1. The minimum absolute atomic E-state index is 0.0587. The summed E-state index contributed by atoms with van der Waals surface area (Å²) in [7, 11) is 1.77. The molecule has 0 aromatic heterocycles. The van der Waals surface area contributed by atoms with E-state index in [9.17, 15) is 0 Å². The van der Waals surface area contributed by atoms with Crippen LogP contribution >= 0.6 is 0 Å². The van der Waals surface area contributed by atoms with Crippen molar-refractivity contribution in [3.05, 3.63) is 29.8 Å². The van der Waals surface area contributed by atoms with Crippen LogP contribution in [-0.2, 0) is 0 Å². The number of nitrogens with two attached hydrogens (primary N) is 1. The lowest BCUT2D eigenvalue weighted by molar-refractivity contribution is 0.281. The molecule has 0 saturated heterocycles. The van der Waals surface area contributed by atoms with Gasteiger partial charge in [-0.3, -0.25) is 5.41 Å². The Morgan fingerprint density at radius 1 is 1.47 bits per heavy atom. The summed E-state index contributed by atoms with van der Waals surface area (Å²) in [6.07, 6.45) is 0. The first kappa shape index (κ1) is 11.4. The van der Waals surface area contributed by atoms with Gasteiger partial charge in [-0.05, 0) is 18.6 Å². The maximum atomic E-state index is 7.17. The highest BCUT2D eigenvalue weighted by atomic mass is 16.5. The minimum Gasteiger partial charge on any atom is -0.491 e. The monoisotopic (exact) mass is 207 g/mol. The first-order chi connectivity index (χ1) is 7.11. The molecule has 0 aliphatic rings.